The van der Waals surface area contributed by atoms with Gasteiger partial charge in [0.05, 0.1) is 24.8 Å². The number of ether oxygens (including phenoxy) is 1. The van der Waals surface area contributed by atoms with Crippen molar-refractivity contribution in [2.75, 3.05) is 32.8 Å². The van der Waals surface area contributed by atoms with Crippen molar-refractivity contribution in [1.29, 1.82) is 0 Å². The molecule has 1 saturated heterocycles. The molecule has 8 heteroatoms. The normalized spacial score (nSPS) is 21.1. The second kappa shape index (κ2) is 7.63. The van der Waals surface area contributed by atoms with E-state index in [4.69, 9.17) is 16.3 Å². The van der Waals surface area contributed by atoms with Gasteiger partial charge in [-0.25, -0.2) is 9.18 Å². The summed E-state index contributed by atoms with van der Waals surface area (Å²) in [5, 5.41) is 2.91. The van der Waals surface area contributed by atoms with Crippen LogP contribution in [-0.4, -0.2) is 54.6 Å². The van der Waals surface area contributed by atoms with Gasteiger partial charge in [-0.15, -0.1) is 0 Å². The molecule has 0 radical (unpaired) electrons. The van der Waals surface area contributed by atoms with E-state index in [-0.39, 0.29) is 22.5 Å². The van der Waals surface area contributed by atoms with Gasteiger partial charge in [0.2, 0.25) is 0 Å². The van der Waals surface area contributed by atoms with Crippen LogP contribution in [0.1, 0.15) is 25.5 Å². The number of nitrogens with one attached hydrogen (secondary N) is 1. The van der Waals surface area contributed by atoms with E-state index >= 15 is 0 Å². The molecule has 140 valence electrons. The number of carbonyl (C=O) groups excluding carboxylic acids is 2. The molecule has 1 aromatic carbocycles. The van der Waals surface area contributed by atoms with Gasteiger partial charge in [0.25, 0.3) is 5.91 Å². The highest BCUT2D eigenvalue weighted by atomic mass is 35.5. The fraction of sp³-hybridized carbons (Fsp3) is 0.444. The molecule has 1 aromatic rings. The first-order valence-electron chi connectivity index (χ1n) is 8.55. The second-order valence-electron chi connectivity index (χ2n) is 6.17. The fourth-order valence-corrected chi connectivity index (χ4v) is 3.65. The molecule has 0 spiro atoms. The van der Waals surface area contributed by atoms with Crippen LogP contribution in [0.4, 0.5) is 9.18 Å². The van der Waals surface area contributed by atoms with E-state index in [0.29, 0.717) is 44.1 Å². The SMILES string of the molecule is CCN1C(=O)NC(c2c(F)cccc2Cl)C(C(=O)N2CCOCC2)=C1C. The van der Waals surface area contributed by atoms with E-state index in [1.165, 1.54) is 17.0 Å². The molecule has 2 aliphatic rings. The fourth-order valence-electron chi connectivity index (χ4n) is 3.38. The zero-order valence-electron chi connectivity index (χ0n) is 14.7. The first-order valence-corrected chi connectivity index (χ1v) is 8.93. The molecule has 1 atom stereocenters. The van der Waals surface area contributed by atoms with Gasteiger partial charge in [-0.3, -0.25) is 9.69 Å². The Hall–Kier alpha value is -2.12. The van der Waals surface area contributed by atoms with Gasteiger partial charge in [0, 0.05) is 35.9 Å². The Balaban J connectivity index is 2.10. The standard InChI is InChI=1S/C18H21ClFN3O3/c1-3-23-11(2)14(17(24)22-7-9-26-10-8-22)16(21-18(23)25)15-12(19)5-4-6-13(15)20/h4-6,16H,3,7-10H2,1-2H3,(H,21,25). The Bertz CT molecular complexity index is 742. The summed E-state index contributed by atoms with van der Waals surface area (Å²) in [6.07, 6.45) is 0. The minimum atomic E-state index is -0.936. The van der Waals surface area contributed by atoms with E-state index in [0.717, 1.165) is 0 Å². The minimum absolute atomic E-state index is 0.106. The molecule has 1 unspecified atom stereocenters. The van der Waals surface area contributed by atoms with E-state index in [9.17, 15) is 14.0 Å². The first-order chi connectivity index (χ1) is 12.5. The minimum Gasteiger partial charge on any atom is -0.378 e. The Kier molecular flexibility index (Phi) is 5.48. The first kappa shape index (κ1) is 18.7. The monoisotopic (exact) mass is 381 g/mol. The maximum absolute atomic E-state index is 14.5. The summed E-state index contributed by atoms with van der Waals surface area (Å²) in [4.78, 5) is 28.8. The Morgan fingerprint density at radius 2 is 2.08 bits per heavy atom. The number of amides is 3. The lowest BCUT2D eigenvalue weighted by Crippen LogP contribution is -2.51. The van der Waals surface area contributed by atoms with Crippen molar-refractivity contribution in [3.63, 3.8) is 0 Å². The zero-order chi connectivity index (χ0) is 18.8. The van der Waals surface area contributed by atoms with Crippen molar-refractivity contribution in [2.45, 2.75) is 19.9 Å². The average molecular weight is 382 g/mol. The van der Waals surface area contributed by atoms with Gasteiger partial charge >= 0.3 is 6.03 Å². The third-order valence-electron chi connectivity index (χ3n) is 4.73. The van der Waals surface area contributed by atoms with E-state index in [1.807, 2.05) is 6.92 Å². The quantitative estimate of drug-likeness (QED) is 0.875. The summed E-state index contributed by atoms with van der Waals surface area (Å²) in [5.41, 5.74) is 0.951. The molecule has 26 heavy (non-hydrogen) atoms. The number of urea groups is 1. The second-order valence-corrected chi connectivity index (χ2v) is 6.57. The highest BCUT2D eigenvalue weighted by Gasteiger charge is 2.39. The Labute approximate surface area is 156 Å². The number of hydrogen-bond acceptors (Lipinski definition) is 3. The van der Waals surface area contributed by atoms with E-state index < -0.39 is 11.9 Å². The van der Waals surface area contributed by atoms with Crippen LogP contribution >= 0.6 is 11.6 Å². The summed E-state index contributed by atoms with van der Waals surface area (Å²) in [6, 6.07) is 2.99. The van der Waals surface area contributed by atoms with Gasteiger partial charge in [0.1, 0.15) is 5.82 Å². The Morgan fingerprint density at radius 3 is 2.69 bits per heavy atom. The summed E-state index contributed by atoms with van der Waals surface area (Å²) in [5.74, 6) is -0.804. The van der Waals surface area contributed by atoms with Crippen molar-refractivity contribution < 1.29 is 18.7 Å². The van der Waals surface area contributed by atoms with Crippen LogP contribution in [0.15, 0.2) is 29.5 Å². The van der Waals surface area contributed by atoms with Crippen molar-refractivity contribution in [2.24, 2.45) is 0 Å². The molecule has 2 heterocycles. The number of benzene rings is 1. The molecule has 0 aliphatic carbocycles. The number of morpholine rings is 1. The van der Waals surface area contributed by atoms with Crippen LogP contribution in [0.5, 0.6) is 0 Å². The smallest absolute Gasteiger partial charge is 0.322 e. The van der Waals surface area contributed by atoms with Crippen LogP contribution in [0.2, 0.25) is 5.02 Å². The summed E-state index contributed by atoms with van der Waals surface area (Å²) < 4.78 is 19.8. The number of allylic oxidation sites excluding steroid dienone is 1. The van der Waals surface area contributed by atoms with Crippen LogP contribution in [0, 0.1) is 5.82 Å². The molecular weight excluding hydrogens is 361 g/mol. The molecule has 6 nitrogen and oxygen atoms in total. The largest absolute Gasteiger partial charge is 0.378 e. The van der Waals surface area contributed by atoms with Crippen LogP contribution in [-0.2, 0) is 9.53 Å². The molecule has 1 N–H and O–H groups in total. The molecule has 0 bridgehead atoms. The number of rotatable bonds is 3. The van der Waals surface area contributed by atoms with Crippen molar-refractivity contribution in [3.8, 4) is 0 Å². The van der Waals surface area contributed by atoms with Gasteiger partial charge in [0.15, 0.2) is 0 Å². The van der Waals surface area contributed by atoms with Crippen molar-refractivity contribution >= 4 is 23.5 Å². The lowest BCUT2D eigenvalue weighted by Gasteiger charge is -2.38. The summed E-state index contributed by atoms with van der Waals surface area (Å²) in [7, 11) is 0. The van der Waals surface area contributed by atoms with Crippen molar-refractivity contribution in [3.05, 3.63) is 45.9 Å². The maximum Gasteiger partial charge on any atom is 0.322 e. The van der Waals surface area contributed by atoms with Gasteiger partial charge in [-0.1, -0.05) is 17.7 Å². The van der Waals surface area contributed by atoms with Crippen LogP contribution < -0.4 is 5.32 Å². The predicted octanol–water partition coefficient (Wildman–Crippen LogP) is 2.70. The van der Waals surface area contributed by atoms with Gasteiger partial charge < -0.3 is 15.0 Å². The molecule has 0 aromatic heterocycles. The molecule has 2 aliphatic heterocycles. The van der Waals surface area contributed by atoms with Crippen LogP contribution in [0.3, 0.4) is 0 Å². The molecule has 3 rings (SSSR count). The molecule has 3 amide bonds. The van der Waals surface area contributed by atoms with E-state index in [2.05, 4.69) is 5.32 Å². The van der Waals surface area contributed by atoms with E-state index in [1.54, 1.807) is 17.9 Å². The topological polar surface area (TPSA) is 61.9 Å². The van der Waals surface area contributed by atoms with Gasteiger partial charge in [-0.05, 0) is 26.0 Å². The maximum atomic E-state index is 14.5. The molecular formula is C18H21ClFN3O3. The molecule has 1 fully saturated rings. The number of carbonyl (C=O) groups is 2. The lowest BCUT2D eigenvalue weighted by atomic mass is 9.93. The zero-order valence-corrected chi connectivity index (χ0v) is 15.5. The molecule has 0 saturated carbocycles. The highest BCUT2D eigenvalue weighted by molar-refractivity contribution is 6.31. The van der Waals surface area contributed by atoms with Crippen molar-refractivity contribution in [1.82, 2.24) is 15.1 Å². The third kappa shape index (κ3) is 3.29. The predicted molar refractivity (Wildman–Crippen MR) is 95.2 cm³/mol. The third-order valence-corrected chi connectivity index (χ3v) is 5.06. The number of halogens is 2. The number of hydrogen-bond donors (Lipinski definition) is 1. The average Bonchev–Trinajstić information content (AvgIpc) is 2.62. The summed E-state index contributed by atoms with van der Waals surface area (Å²) in [6.45, 7) is 5.73. The summed E-state index contributed by atoms with van der Waals surface area (Å²) >= 11 is 6.21. The Morgan fingerprint density at radius 1 is 1.38 bits per heavy atom. The van der Waals surface area contributed by atoms with Crippen LogP contribution in [0.25, 0.3) is 0 Å². The lowest BCUT2D eigenvalue weighted by molar-refractivity contribution is -0.131. The highest BCUT2D eigenvalue weighted by Crippen LogP contribution is 2.36. The number of nitrogens with zero attached hydrogens (tertiary/aromatic N) is 2. The van der Waals surface area contributed by atoms with Gasteiger partial charge in [-0.2, -0.15) is 0 Å².